The van der Waals surface area contributed by atoms with Crippen LogP contribution in [0.25, 0.3) is 0 Å². The Hall–Kier alpha value is -2.18. The van der Waals surface area contributed by atoms with Crippen LogP contribution in [0.5, 0.6) is 0 Å². The molecule has 0 radical (unpaired) electrons. The van der Waals surface area contributed by atoms with Crippen LogP contribution in [0.15, 0.2) is 36.4 Å². The Morgan fingerprint density at radius 3 is 2.68 bits per heavy atom. The van der Waals surface area contributed by atoms with Crippen molar-refractivity contribution in [2.24, 2.45) is 0 Å². The molecule has 1 aliphatic heterocycles. The molecule has 0 aliphatic carbocycles. The fraction of sp³-hybridized carbons (Fsp3) is 0.368. The highest BCUT2D eigenvalue weighted by Crippen LogP contribution is 2.20. The number of esters is 1. The number of rotatable bonds is 5. The van der Waals surface area contributed by atoms with Gasteiger partial charge in [-0.25, -0.2) is 4.79 Å². The number of hydrogen-bond acceptors (Lipinski definition) is 5. The van der Waals surface area contributed by atoms with Crippen LogP contribution in [-0.2, 0) is 17.7 Å². The third-order valence-electron chi connectivity index (χ3n) is 4.56. The fourth-order valence-corrected chi connectivity index (χ4v) is 3.86. The number of nitrogens with zero attached hydrogens (tertiary/aromatic N) is 1. The van der Waals surface area contributed by atoms with Gasteiger partial charge >= 0.3 is 5.97 Å². The van der Waals surface area contributed by atoms with Crippen molar-refractivity contribution in [3.63, 3.8) is 0 Å². The van der Waals surface area contributed by atoms with Crippen molar-refractivity contribution in [3.05, 3.63) is 57.3 Å². The summed E-state index contributed by atoms with van der Waals surface area (Å²) in [7, 11) is 1.33. The molecule has 132 valence electrons. The van der Waals surface area contributed by atoms with Gasteiger partial charge in [-0.05, 0) is 36.6 Å². The second-order valence-corrected chi connectivity index (χ2v) is 7.29. The molecule has 2 aromatic rings. The van der Waals surface area contributed by atoms with Gasteiger partial charge in [-0.3, -0.25) is 9.69 Å². The molecule has 5 nitrogen and oxygen atoms in total. The Labute approximate surface area is 151 Å². The van der Waals surface area contributed by atoms with Crippen molar-refractivity contribution in [2.45, 2.75) is 25.9 Å². The molecule has 1 aliphatic rings. The molecule has 0 bridgehead atoms. The molecule has 2 heterocycles. The number of carbonyl (C=O) groups excluding carboxylic acids is 2. The monoisotopic (exact) mass is 358 g/mol. The summed E-state index contributed by atoms with van der Waals surface area (Å²) in [5.74, 6) is -0.561. The minimum absolute atomic E-state index is 0.149. The van der Waals surface area contributed by atoms with Crippen molar-refractivity contribution in [3.8, 4) is 0 Å². The zero-order chi connectivity index (χ0) is 17.8. The highest BCUT2D eigenvalue weighted by molar-refractivity contribution is 7.15. The van der Waals surface area contributed by atoms with E-state index in [2.05, 4.69) is 46.1 Å². The molecule has 1 aromatic heterocycles. The Morgan fingerprint density at radius 1 is 1.20 bits per heavy atom. The summed E-state index contributed by atoms with van der Waals surface area (Å²) in [6.45, 7) is 4.62. The largest absolute Gasteiger partial charge is 0.465 e. The van der Waals surface area contributed by atoms with Crippen LogP contribution < -0.4 is 5.32 Å². The molecular formula is C19H22N2O3S. The van der Waals surface area contributed by atoms with E-state index in [-0.39, 0.29) is 11.9 Å². The minimum Gasteiger partial charge on any atom is -0.465 e. The second kappa shape index (κ2) is 7.80. The highest BCUT2D eigenvalue weighted by Gasteiger charge is 2.21. The number of carbonyl (C=O) groups is 2. The maximum Gasteiger partial charge on any atom is 0.348 e. The van der Waals surface area contributed by atoms with Crippen molar-refractivity contribution >= 4 is 23.2 Å². The Balaban J connectivity index is 1.54. The molecule has 1 N–H and O–H groups in total. The summed E-state index contributed by atoms with van der Waals surface area (Å²) >= 11 is 1.15. The number of fused-ring (bicyclic) bond motifs is 1. The predicted molar refractivity (Wildman–Crippen MR) is 98.0 cm³/mol. The zero-order valence-corrected chi connectivity index (χ0v) is 15.3. The molecule has 0 saturated carbocycles. The van der Waals surface area contributed by atoms with Gasteiger partial charge in [0.05, 0.1) is 12.0 Å². The maximum absolute atomic E-state index is 12.3. The summed E-state index contributed by atoms with van der Waals surface area (Å²) in [4.78, 5) is 27.1. The van der Waals surface area contributed by atoms with E-state index in [9.17, 15) is 9.59 Å². The molecule has 6 heteroatoms. The Bertz CT molecular complexity index is 772. The average molecular weight is 358 g/mol. The summed E-state index contributed by atoms with van der Waals surface area (Å²) in [5, 5.41) is 2.97. The maximum atomic E-state index is 12.3. The van der Waals surface area contributed by atoms with Crippen LogP contribution in [-0.4, -0.2) is 43.0 Å². The van der Waals surface area contributed by atoms with Gasteiger partial charge in [0.15, 0.2) is 0 Å². The van der Waals surface area contributed by atoms with Crippen LogP contribution in [0.3, 0.4) is 0 Å². The number of amides is 1. The Kier molecular flexibility index (Phi) is 5.50. The summed E-state index contributed by atoms with van der Waals surface area (Å²) in [6.07, 6.45) is 1.04. The molecule has 1 aromatic carbocycles. The molecule has 1 atom stereocenters. The molecule has 3 rings (SSSR count). The third-order valence-corrected chi connectivity index (χ3v) is 5.62. The second-order valence-electron chi connectivity index (χ2n) is 6.20. The number of nitrogens with one attached hydrogen (secondary N) is 1. The molecule has 0 saturated heterocycles. The first-order valence-electron chi connectivity index (χ1n) is 8.35. The number of hydrogen-bond donors (Lipinski definition) is 1. The number of thiophene rings is 1. The van der Waals surface area contributed by atoms with E-state index in [1.165, 1.54) is 18.2 Å². The SMILES string of the molecule is COC(=O)c1ccc(C(=O)NCC(C)N2CCc3ccccc3C2)s1. The van der Waals surface area contributed by atoms with Gasteiger partial charge in [0.25, 0.3) is 5.91 Å². The summed E-state index contributed by atoms with van der Waals surface area (Å²) in [5.41, 5.74) is 2.79. The standard InChI is InChI=1S/C19H22N2O3S/c1-13(21-10-9-14-5-3-4-6-15(14)12-21)11-20-18(22)16-7-8-17(25-16)19(23)24-2/h3-8,13H,9-12H2,1-2H3,(H,20,22). The van der Waals surface area contributed by atoms with Crippen LogP contribution in [0, 0.1) is 0 Å². The number of methoxy groups -OCH3 is 1. The van der Waals surface area contributed by atoms with Crippen LogP contribution in [0.2, 0.25) is 0 Å². The van der Waals surface area contributed by atoms with Gasteiger partial charge in [-0.15, -0.1) is 11.3 Å². The van der Waals surface area contributed by atoms with Gasteiger partial charge in [0.1, 0.15) is 4.88 Å². The normalized spacial score (nSPS) is 15.3. The quantitative estimate of drug-likeness (QED) is 0.835. The van der Waals surface area contributed by atoms with E-state index in [0.717, 1.165) is 30.8 Å². The molecule has 0 fully saturated rings. The van der Waals surface area contributed by atoms with Gasteiger partial charge in [0, 0.05) is 25.7 Å². The topological polar surface area (TPSA) is 58.6 Å². The minimum atomic E-state index is -0.413. The lowest BCUT2D eigenvalue weighted by Gasteiger charge is -2.33. The molecular weight excluding hydrogens is 336 g/mol. The van der Waals surface area contributed by atoms with Crippen molar-refractivity contribution in [1.29, 1.82) is 0 Å². The smallest absolute Gasteiger partial charge is 0.348 e. The Morgan fingerprint density at radius 2 is 1.92 bits per heavy atom. The predicted octanol–water partition coefficient (Wildman–Crippen LogP) is 2.71. The first-order chi connectivity index (χ1) is 12.1. The average Bonchev–Trinajstić information content (AvgIpc) is 3.15. The summed E-state index contributed by atoms with van der Waals surface area (Å²) in [6, 6.07) is 12.1. The number of ether oxygens (including phenoxy) is 1. The molecule has 1 amide bonds. The first-order valence-corrected chi connectivity index (χ1v) is 9.17. The van der Waals surface area contributed by atoms with Crippen LogP contribution in [0.1, 0.15) is 37.4 Å². The molecule has 0 spiro atoms. The van der Waals surface area contributed by atoms with E-state index in [1.54, 1.807) is 12.1 Å². The van der Waals surface area contributed by atoms with Crippen molar-refractivity contribution < 1.29 is 14.3 Å². The number of benzene rings is 1. The van der Waals surface area contributed by atoms with Gasteiger partial charge < -0.3 is 10.1 Å². The lowest BCUT2D eigenvalue weighted by atomic mass is 9.99. The van der Waals surface area contributed by atoms with Crippen LogP contribution >= 0.6 is 11.3 Å². The molecule has 25 heavy (non-hydrogen) atoms. The lowest BCUT2D eigenvalue weighted by molar-refractivity contribution is 0.0606. The van der Waals surface area contributed by atoms with Crippen molar-refractivity contribution in [1.82, 2.24) is 10.2 Å². The highest BCUT2D eigenvalue weighted by atomic mass is 32.1. The molecule has 1 unspecified atom stereocenters. The van der Waals surface area contributed by atoms with E-state index >= 15 is 0 Å². The zero-order valence-electron chi connectivity index (χ0n) is 14.5. The van der Waals surface area contributed by atoms with Gasteiger partial charge in [-0.2, -0.15) is 0 Å². The third kappa shape index (κ3) is 4.08. The van der Waals surface area contributed by atoms with E-state index in [4.69, 9.17) is 0 Å². The lowest BCUT2D eigenvalue weighted by Crippen LogP contribution is -2.44. The van der Waals surface area contributed by atoms with Gasteiger partial charge in [0.2, 0.25) is 0 Å². The summed E-state index contributed by atoms with van der Waals surface area (Å²) < 4.78 is 4.67. The van der Waals surface area contributed by atoms with Gasteiger partial charge in [-0.1, -0.05) is 24.3 Å². The van der Waals surface area contributed by atoms with E-state index < -0.39 is 5.97 Å². The first kappa shape index (κ1) is 17.6. The fourth-order valence-electron chi connectivity index (χ4n) is 3.02. The van der Waals surface area contributed by atoms with E-state index in [1.807, 2.05) is 0 Å². The van der Waals surface area contributed by atoms with Crippen molar-refractivity contribution in [2.75, 3.05) is 20.2 Å². The van der Waals surface area contributed by atoms with E-state index in [0.29, 0.717) is 16.3 Å². The van der Waals surface area contributed by atoms with Crippen LogP contribution in [0.4, 0.5) is 0 Å².